The highest BCUT2D eigenvalue weighted by Gasteiger charge is 2.07. The van der Waals surface area contributed by atoms with Gasteiger partial charge in [0.1, 0.15) is 5.71 Å². The van der Waals surface area contributed by atoms with Crippen LogP contribution in [0.4, 0.5) is 0 Å². The maximum absolute atomic E-state index is 10.2. The topological polar surface area (TPSA) is 29.4 Å². The van der Waals surface area contributed by atoms with Gasteiger partial charge in [0.15, 0.2) is 0 Å². The van der Waals surface area contributed by atoms with Crippen molar-refractivity contribution < 1.29 is 4.79 Å². The van der Waals surface area contributed by atoms with Gasteiger partial charge in [0.25, 0.3) is 5.24 Å². The summed E-state index contributed by atoms with van der Waals surface area (Å²) in [6.07, 6.45) is 3.95. The molecule has 1 aliphatic heterocycles. The maximum Gasteiger partial charge on any atom is 0.266 e. The molecule has 1 aliphatic rings. The van der Waals surface area contributed by atoms with Crippen molar-refractivity contribution in [3.05, 3.63) is 12.3 Å². The van der Waals surface area contributed by atoms with Crippen LogP contribution in [0.5, 0.6) is 0 Å². The Balaban J connectivity index is 2.64. The predicted octanol–water partition coefficient (Wildman–Crippen LogP) is 1.11. The molecular formula is C5H4ClNO. The maximum atomic E-state index is 10.2. The number of allylic oxidation sites excluding steroid dienone is 1. The first kappa shape index (κ1) is 5.51. The third-order valence-electron chi connectivity index (χ3n) is 0.874. The summed E-state index contributed by atoms with van der Waals surface area (Å²) < 4.78 is 0. The molecule has 42 valence electrons. The molecule has 0 saturated heterocycles. The van der Waals surface area contributed by atoms with E-state index in [2.05, 4.69) is 4.99 Å². The minimum absolute atomic E-state index is 0.437. The second-order valence-corrected chi connectivity index (χ2v) is 1.78. The molecule has 0 unspecified atom stereocenters. The predicted molar refractivity (Wildman–Crippen MR) is 32.1 cm³/mol. The summed E-state index contributed by atoms with van der Waals surface area (Å²) in [5, 5.41) is -0.449. The van der Waals surface area contributed by atoms with Gasteiger partial charge in [0.05, 0.1) is 0 Å². The Morgan fingerprint density at radius 3 is 2.88 bits per heavy atom. The molecule has 0 N–H and O–H groups in total. The van der Waals surface area contributed by atoms with Crippen LogP contribution >= 0.6 is 11.6 Å². The van der Waals surface area contributed by atoms with Crippen LogP contribution < -0.4 is 0 Å². The number of nitrogens with zero attached hydrogens (tertiary/aromatic N) is 1. The lowest BCUT2D eigenvalue weighted by atomic mass is 10.3. The molecule has 2 nitrogen and oxygen atoms in total. The third-order valence-corrected chi connectivity index (χ3v) is 1.09. The smallest absolute Gasteiger partial charge is 0.266 e. The average Bonchev–Trinajstić information content (AvgIpc) is 2.12. The molecule has 3 heteroatoms. The largest absolute Gasteiger partial charge is 0.274 e. The van der Waals surface area contributed by atoms with Crippen molar-refractivity contribution in [2.24, 2.45) is 4.99 Å². The summed E-state index contributed by atoms with van der Waals surface area (Å²) in [6.45, 7) is 0. The fraction of sp³-hybridized carbons (Fsp3) is 0.200. The second-order valence-electron chi connectivity index (χ2n) is 1.44. The SMILES string of the molecule is O=C(Cl)C1=NC=CC1. The molecular weight excluding hydrogens is 126 g/mol. The highest BCUT2D eigenvalue weighted by molar-refractivity contribution is 6.82. The summed E-state index contributed by atoms with van der Waals surface area (Å²) in [5.41, 5.74) is 0.437. The molecule has 1 rings (SSSR count). The number of carbonyl (C=O) groups excluding carboxylic acids is 1. The van der Waals surface area contributed by atoms with Crippen molar-refractivity contribution in [3.63, 3.8) is 0 Å². The van der Waals surface area contributed by atoms with E-state index in [-0.39, 0.29) is 0 Å². The number of rotatable bonds is 1. The monoisotopic (exact) mass is 129 g/mol. The Hall–Kier alpha value is -0.630. The minimum Gasteiger partial charge on any atom is -0.274 e. The number of carbonyl (C=O) groups is 1. The van der Waals surface area contributed by atoms with Crippen LogP contribution in [0, 0.1) is 0 Å². The quantitative estimate of drug-likeness (QED) is 0.488. The molecule has 0 fully saturated rings. The summed E-state index contributed by atoms with van der Waals surface area (Å²) in [6, 6.07) is 0. The molecule has 0 amide bonds. The van der Waals surface area contributed by atoms with E-state index in [9.17, 15) is 4.79 Å². The van der Waals surface area contributed by atoms with Crippen molar-refractivity contribution in [3.8, 4) is 0 Å². The van der Waals surface area contributed by atoms with Crippen LogP contribution in [-0.2, 0) is 4.79 Å². The molecule has 1 heterocycles. The van der Waals surface area contributed by atoms with Crippen molar-refractivity contribution >= 4 is 22.6 Å². The van der Waals surface area contributed by atoms with E-state index in [0.29, 0.717) is 12.1 Å². The van der Waals surface area contributed by atoms with Crippen LogP contribution in [-0.4, -0.2) is 11.0 Å². The van der Waals surface area contributed by atoms with Crippen LogP contribution in [0.1, 0.15) is 6.42 Å². The molecule has 0 atom stereocenters. The molecule has 8 heavy (non-hydrogen) atoms. The van der Waals surface area contributed by atoms with E-state index in [1.807, 2.05) is 0 Å². The molecule has 0 aromatic carbocycles. The zero-order valence-corrected chi connectivity index (χ0v) is 4.85. The van der Waals surface area contributed by atoms with Gasteiger partial charge in [-0.25, -0.2) is 0 Å². The van der Waals surface area contributed by atoms with Crippen LogP contribution in [0.15, 0.2) is 17.3 Å². The first-order valence-corrected chi connectivity index (χ1v) is 2.60. The van der Waals surface area contributed by atoms with Gasteiger partial charge >= 0.3 is 0 Å². The van der Waals surface area contributed by atoms with Crippen LogP contribution in [0.25, 0.3) is 0 Å². The number of hydrogen-bond donors (Lipinski definition) is 0. The minimum atomic E-state index is -0.449. The molecule has 0 aromatic rings. The van der Waals surface area contributed by atoms with Crippen LogP contribution in [0.3, 0.4) is 0 Å². The van der Waals surface area contributed by atoms with E-state index in [1.165, 1.54) is 0 Å². The first-order valence-electron chi connectivity index (χ1n) is 2.22. The Bertz CT molecular complexity index is 171. The van der Waals surface area contributed by atoms with E-state index in [1.54, 1.807) is 12.3 Å². The van der Waals surface area contributed by atoms with Gasteiger partial charge in [-0.3, -0.25) is 9.79 Å². The van der Waals surface area contributed by atoms with E-state index in [0.717, 1.165) is 0 Å². The number of aliphatic imine (C=N–C) groups is 1. The lowest BCUT2D eigenvalue weighted by Crippen LogP contribution is -2.01. The molecule has 0 aliphatic carbocycles. The average molecular weight is 130 g/mol. The fourth-order valence-corrected chi connectivity index (χ4v) is 0.617. The zero-order chi connectivity index (χ0) is 5.98. The summed E-state index contributed by atoms with van der Waals surface area (Å²) in [7, 11) is 0. The number of halogens is 1. The number of hydrogen-bond acceptors (Lipinski definition) is 2. The molecule has 0 saturated carbocycles. The van der Waals surface area contributed by atoms with Gasteiger partial charge in [-0.05, 0) is 11.6 Å². The highest BCUT2D eigenvalue weighted by atomic mass is 35.5. The fourth-order valence-electron chi connectivity index (χ4n) is 0.491. The van der Waals surface area contributed by atoms with Gasteiger partial charge in [-0.15, -0.1) is 0 Å². The van der Waals surface area contributed by atoms with Crippen molar-refractivity contribution in [2.75, 3.05) is 0 Å². The molecule has 0 spiro atoms. The molecule has 0 aromatic heterocycles. The van der Waals surface area contributed by atoms with Crippen LogP contribution in [0.2, 0.25) is 0 Å². The van der Waals surface area contributed by atoms with Crippen molar-refractivity contribution in [1.29, 1.82) is 0 Å². The van der Waals surface area contributed by atoms with Gasteiger partial charge < -0.3 is 0 Å². The van der Waals surface area contributed by atoms with E-state index < -0.39 is 5.24 Å². The van der Waals surface area contributed by atoms with Gasteiger partial charge in [0.2, 0.25) is 0 Å². The zero-order valence-electron chi connectivity index (χ0n) is 4.10. The standard InChI is InChI=1S/C5H4ClNO/c6-5(8)4-2-1-3-7-4/h1,3H,2H2. The highest BCUT2D eigenvalue weighted by Crippen LogP contribution is 2.01. The lowest BCUT2D eigenvalue weighted by molar-refractivity contribution is -0.106. The second kappa shape index (κ2) is 2.09. The summed E-state index contributed by atoms with van der Waals surface area (Å²) >= 11 is 5.07. The van der Waals surface area contributed by atoms with E-state index in [4.69, 9.17) is 11.6 Å². The molecule has 0 radical (unpaired) electrons. The van der Waals surface area contributed by atoms with Gasteiger partial charge in [-0.1, -0.05) is 6.08 Å². The molecule has 0 bridgehead atoms. The Morgan fingerprint density at radius 2 is 2.62 bits per heavy atom. The normalized spacial score (nSPS) is 16.4. The summed E-state index contributed by atoms with van der Waals surface area (Å²) in [4.78, 5) is 13.9. The van der Waals surface area contributed by atoms with Gasteiger partial charge in [0, 0.05) is 12.6 Å². The van der Waals surface area contributed by atoms with Crippen molar-refractivity contribution in [2.45, 2.75) is 6.42 Å². The first-order chi connectivity index (χ1) is 3.80. The summed E-state index contributed by atoms with van der Waals surface area (Å²) in [5.74, 6) is 0. The third kappa shape index (κ3) is 0.954. The Kier molecular flexibility index (Phi) is 1.44. The lowest BCUT2D eigenvalue weighted by Gasteiger charge is -1.83. The Morgan fingerprint density at radius 1 is 1.88 bits per heavy atom. The van der Waals surface area contributed by atoms with E-state index >= 15 is 0 Å². The Labute approximate surface area is 51.9 Å². The van der Waals surface area contributed by atoms with Gasteiger partial charge in [-0.2, -0.15) is 0 Å². The van der Waals surface area contributed by atoms with Crippen molar-refractivity contribution in [1.82, 2.24) is 0 Å².